The van der Waals surface area contributed by atoms with Gasteiger partial charge in [-0.05, 0) is 66.3 Å². The highest BCUT2D eigenvalue weighted by Gasteiger charge is 2.64. The molecule has 0 aromatic heterocycles. The maximum Gasteiger partial charge on any atom is 0.286 e. The largest absolute Gasteiger partial charge is 0.387 e. The predicted octanol–water partition coefficient (Wildman–Crippen LogP) is 2.83. The van der Waals surface area contributed by atoms with Crippen molar-refractivity contribution in [2.75, 3.05) is 13.7 Å². The third-order valence-electron chi connectivity index (χ3n) is 12.7. The zero-order valence-electron chi connectivity index (χ0n) is 32.3. The first-order valence-electron chi connectivity index (χ1n) is 19.0. The predicted molar refractivity (Wildman–Crippen MR) is 183 cm³/mol. The highest BCUT2D eigenvalue weighted by Crippen LogP contribution is 2.52. The molecule has 5 aliphatic heterocycles. The van der Waals surface area contributed by atoms with Gasteiger partial charge in [0.15, 0.2) is 12.6 Å². The van der Waals surface area contributed by atoms with Gasteiger partial charge < -0.3 is 63.6 Å². The van der Waals surface area contributed by atoms with Crippen LogP contribution < -0.4 is 5.32 Å². The van der Waals surface area contributed by atoms with Crippen molar-refractivity contribution in [2.24, 2.45) is 23.7 Å². The first-order chi connectivity index (χ1) is 23.2. The van der Waals surface area contributed by atoms with Gasteiger partial charge in [-0.15, -0.1) is 0 Å². The lowest BCUT2D eigenvalue weighted by Gasteiger charge is -2.55. The molecule has 5 heterocycles. The lowest BCUT2D eigenvalue weighted by molar-refractivity contribution is -0.481. The third kappa shape index (κ3) is 7.31. The lowest BCUT2D eigenvalue weighted by Crippen LogP contribution is -2.69. The number of likely N-dealkylation sites (N-methyl/N-ethyl adjacent to an activating group) is 1. The van der Waals surface area contributed by atoms with Crippen molar-refractivity contribution < 1.29 is 58.3 Å². The van der Waals surface area contributed by atoms with E-state index < -0.39 is 89.9 Å². The van der Waals surface area contributed by atoms with Crippen LogP contribution in [-0.4, -0.2) is 130 Å². The van der Waals surface area contributed by atoms with Gasteiger partial charge in [-0.3, -0.25) is 0 Å². The van der Waals surface area contributed by atoms with Crippen LogP contribution in [0.5, 0.6) is 0 Å². The van der Waals surface area contributed by atoms with Gasteiger partial charge in [0.25, 0.3) is 5.97 Å². The fraction of sp³-hybridized carbons (Fsp3) is 1.00. The van der Waals surface area contributed by atoms with E-state index in [0.29, 0.717) is 25.8 Å². The van der Waals surface area contributed by atoms with Gasteiger partial charge in [-0.25, -0.2) is 0 Å². The zero-order chi connectivity index (χ0) is 37.1. The minimum absolute atomic E-state index is 0.0250. The molecule has 13 heteroatoms. The lowest BCUT2D eigenvalue weighted by atomic mass is 9.74. The molecule has 5 aliphatic rings. The van der Waals surface area contributed by atoms with Gasteiger partial charge in [0.2, 0.25) is 0 Å². The van der Waals surface area contributed by atoms with Crippen molar-refractivity contribution in [3.05, 3.63) is 0 Å². The fourth-order valence-electron chi connectivity index (χ4n) is 9.84. The van der Waals surface area contributed by atoms with Crippen LogP contribution in [0.4, 0.5) is 0 Å². The second-order valence-corrected chi connectivity index (χ2v) is 16.8. The molecule has 6 unspecified atom stereocenters. The van der Waals surface area contributed by atoms with E-state index in [1.54, 1.807) is 27.9 Å². The Kier molecular flexibility index (Phi) is 12.2. The Morgan fingerprint density at radius 2 is 1.54 bits per heavy atom. The average molecular weight is 718 g/mol. The van der Waals surface area contributed by atoms with E-state index in [9.17, 15) is 20.4 Å². The molecule has 0 spiro atoms. The minimum atomic E-state index is -2.17. The summed E-state index contributed by atoms with van der Waals surface area (Å²) in [7, 11) is 1.55. The van der Waals surface area contributed by atoms with Crippen LogP contribution in [0, 0.1) is 23.7 Å². The first kappa shape index (κ1) is 40.7. The van der Waals surface area contributed by atoms with Crippen LogP contribution in [0.15, 0.2) is 0 Å². The normalized spacial score (nSPS) is 56.2. The Bertz CT molecular complexity index is 1150. The van der Waals surface area contributed by atoms with E-state index in [2.05, 4.69) is 12.2 Å². The monoisotopic (exact) mass is 717 g/mol. The van der Waals surface area contributed by atoms with Gasteiger partial charge in [-0.1, -0.05) is 41.5 Å². The number of aliphatic hydroxyl groups is 4. The molecule has 5 N–H and O–H groups in total. The van der Waals surface area contributed by atoms with Crippen LogP contribution in [-0.2, 0) is 37.9 Å². The quantitative estimate of drug-likeness (QED) is 0.249. The molecule has 0 aliphatic carbocycles. The number of hydrogen-bond acceptors (Lipinski definition) is 13. The summed E-state index contributed by atoms with van der Waals surface area (Å²) in [6.45, 7) is 21.8. The van der Waals surface area contributed by atoms with Gasteiger partial charge >= 0.3 is 0 Å². The fourth-order valence-corrected chi connectivity index (χ4v) is 9.84. The van der Waals surface area contributed by atoms with E-state index in [1.165, 1.54) is 0 Å². The summed E-state index contributed by atoms with van der Waals surface area (Å²) in [4.78, 5) is 0. The Balaban J connectivity index is 1.62. The molecule has 5 saturated heterocycles. The molecular weight excluding hydrogens is 650 g/mol. The summed E-state index contributed by atoms with van der Waals surface area (Å²) in [6, 6.07) is -0.230. The van der Waals surface area contributed by atoms with Crippen molar-refractivity contribution >= 4 is 0 Å². The molecule has 20 atom stereocenters. The average Bonchev–Trinajstić information content (AvgIpc) is 3.37. The maximum absolute atomic E-state index is 12.5. The molecule has 50 heavy (non-hydrogen) atoms. The minimum Gasteiger partial charge on any atom is -0.387 e. The molecule has 0 aromatic carbocycles. The summed E-state index contributed by atoms with van der Waals surface area (Å²) in [5, 5.41) is 50.4. The van der Waals surface area contributed by atoms with Gasteiger partial charge in [-0.2, -0.15) is 0 Å². The van der Waals surface area contributed by atoms with Crippen LogP contribution in [0.25, 0.3) is 0 Å². The summed E-state index contributed by atoms with van der Waals surface area (Å²) in [5.41, 5.74) is -3.30. The Morgan fingerprint density at radius 1 is 0.860 bits per heavy atom. The summed E-state index contributed by atoms with van der Waals surface area (Å²) < 4.78 is 52.1. The number of hydrogen-bond donors (Lipinski definition) is 5. The number of nitrogens with one attached hydrogen (secondary N) is 1. The summed E-state index contributed by atoms with van der Waals surface area (Å²) >= 11 is 0. The number of methoxy groups -OCH3 is 1. The number of rotatable bonds is 8. The number of aliphatic hydroxyl groups excluding tert-OH is 2. The summed E-state index contributed by atoms with van der Waals surface area (Å²) in [5.74, 6) is -3.89. The van der Waals surface area contributed by atoms with E-state index in [0.717, 1.165) is 0 Å². The van der Waals surface area contributed by atoms with Crippen molar-refractivity contribution in [1.29, 1.82) is 0 Å². The number of fused-ring (bicyclic) bond motifs is 4. The van der Waals surface area contributed by atoms with E-state index in [1.807, 2.05) is 48.5 Å². The highest BCUT2D eigenvalue weighted by molar-refractivity contribution is 5.07. The van der Waals surface area contributed by atoms with Crippen LogP contribution in [0.2, 0.25) is 0 Å². The Morgan fingerprint density at radius 3 is 2.16 bits per heavy atom. The maximum atomic E-state index is 12.5. The SMILES string of the molecule is CCNC1CC(C)O[C@@H](O[C@@H]2[C@@H](C)[C@H](O[C@H]3CC(C)(OC)[C@@H](O)C(C)O3)[C@@H](C)[C@@]3(O)O[C@H]([C@@H](C)C4O[C@@]2(C)C[C@@H]4C)[C@](C)(O)[C@@H](CC)O3)C1O. The van der Waals surface area contributed by atoms with Crippen molar-refractivity contribution in [3.63, 3.8) is 0 Å². The van der Waals surface area contributed by atoms with E-state index in [4.69, 9.17) is 37.9 Å². The molecule has 5 fully saturated rings. The van der Waals surface area contributed by atoms with E-state index >= 15 is 0 Å². The zero-order valence-corrected chi connectivity index (χ0v) is 32.3. The molecular formula is C37H67NO12. The first-order valence-corrected chi connectivity index (χ1v) is 19.0. The second kappa shape index (κ2) is 15.0. The molecule has 0 aromatic rings. The topological polar surface area (TPSA) is 167 Å². The van der Waals surface area contributed by atoms with Crippen LogP contribution in [0.3, 0.4) is 0 Å². The van der Waals surface area contributed by atoms with E-state index in [-0.39, 0.29) is 36.5 Å². The molecule has 0 saturated carbocycles. The standard InChI is InChI=1S/C37H67NO12/c1-13-25-36(11,41)32-20(5)28-18(3)16-35(10,49-28)31(47-33-27(39)24(38-14-2)15-19(4)44-33)21(6)29(22(7)37(42,48-25)50-32)46-26-17-34(9,43-12)30(40)23(8)45-26/h18-33,38-42H,13-17H2,1-12H3/t18-,19?,20-,21-,22+,23?,24?,25+,26-,27?,28?,29-,30-,31+,32+,33-,34?,35-,36+,37-/m0/s1. The molecule has 13 nitrogen and oxygen atoms in total. The summed E-state index contributed by atoms with van der Waals surface area (Å²) in [6.07, 6.45) is -6.10. The molecule has 5 rings (SSSR count). The van der Waals surface area contributed by atoms with Crippen molar-refractivity contribution in [3.8, 4) is 0 Å². The van der Waals surface area contributed by atoms with Gasteiger partial charge in [0, 0.05) is 31.4 Å². The van der Waals surface area contributed by atoms with Crippen LogP contribution >= 0.6 is 0 Å². The highest BCUT2D eigenvalue weighted by atomic mass is 16.8. The van der Waals surface area contributed by atoms with Crippen molar-refractivity contribution in [2.45, 2.75) is 198 Å². The second-order valence-electron chi connectivity index (χ2n) is 16.8. The molecule has 4 bridgehead atoms. The van der Waals surface area contributed by atoms with Crippen molar-refractivity contribution in [1.82, 2.24) is 5.32 Å². The van der Waals surface area contributed by atoms with Gasteiger partial charge in [0.1, 0.15) is 17.8 Å². The number of ether oxygens (including phenoxy) is 8. The Labute approximate surface area is 298 Å². The third-order valence-corrected chi connectivity index (χ3v) is 12.7. The Hall–Kier alpha value is -0.520. The van der Waals surface area contributed by atoms with Crippen LogP contribution in [0.1, 0.15) is 102 Å². The molecule has 0 radical (unpaired) electrons. The van der Waals surface area contributed by atoms with Gasteiger partial charge in [0.05, 0.1) is 59.8 Å². The smallest absolute Gasteiger partial charge is 0.286 e. The molecule has 292 valence electrons. The molecule has 0 amide bonds.